The Balaban J connectivity index is 1.69. The van der Waals surface area contributed by atoms with E-state index in [-0.39, 0.29) is 5.91 Å². The molecule has 5 heteroatoms. The van der Waals surface area contributed by atoms with E-state index in [1.807, 2.05) is 43.3 Å². The molecule has 0 aliphatic heterocycles. The Kier molecular flexibility index (Phi) is 3.78. The number of nitrogens with zero attached hydrogens (tertiary/aromatic N) is 2. The van der Waals surface area contributed by atoms with Gasteiger partial charge in [0.15, 0.2) is 0 Å². The summed E-state index contributed by atoms with van der Waals surface area (Å²) in [5.41, 5.74) is 9.06. The second-order valence-electron chi connectivity index (χ2n) is 5.22. The van der Waals surface area contributed by atoms with E-state index in [4.69, 9.17) is 5.73 Å². The van der Waals surface area contributed by atoms with Gasteiger partial charge in [-0.2, -0.15) is 0 Å². The molecule has 0 fully saturated rings. The average Bonchev–Trinajstić information content (AvgIpc) is 2.80. The number of aryl methyl sites for hydroxylation is 2. The quantitative estimate of drug-likeness (QED) is 0.727. The normalized spacial score (nSPS) is 10.8. The summed E-state index contributed by atoms with van der Waals surface area (Å²) in [5.74, 6) is 0.876. The molecule has 2 aromatic carbocycles. The lowest BCUT2D eigenvalue weighted by Gasteiger charge is -2.08. The molecule has 0 bridgehead atoms. The van der Waals surface area contributed by atoms with Crippen LogP contribution in [0.25, 0.3) is 11.0 Å². The number of hydrogen-bond donors (Lipinski definition) is 2. The Bertz CT molecular complexity index is 822. The van der Waals surface area contributed by atoms with Gasteiger partial charge in [0.2, 0.25) is 5.91 Å². The van der Waals surface area contributed by atoms with E-state index < -0.39 is 0 Å². The van der Waals surface area contributed by atoms with Gasteiger partial charge in [-0.25, -0.2) is 4.98 Å². The van der Waals surface area contributed by atoms with Crippen molar-refractivity contribution in [3.05, 3.63) is 54.4 Å². The lowest BCUT2D eigenvalue weighted by atomic mass is 10.2. The molecular formula is C17H18N4O. The lowest BCUT2D eigenvalue weighted by molar-refractivity contribution is -0.116. The van der Waals surface area contributed by atoms with Crippen LogP contribution in [-0.4, -0.2) is 15.5 Å². The standard InChI is InChI=1S/C17H18N4O/c1-12-19-15-7-2-3-8-16(15)21(12)10-9-17(22)20-14-6-4-5-13(18)11-14/h2-8,11H,9-10,18H2,1H3,(H,20,22). The molecule has 3 aromatic rings. The molecule has 3 rings (SSSR count). The third kappa shape index (κ3) is 2.93. The van der Waals surface area contributed by atoms with Gasteiger partial charge in [0.25, 0.3) is 0 Å². The third-order valence-corrected chi connectivity index (χ3v) is 3.58. The summed E-state index contributed by atoms with van der Waals surface area (Å²) >= 11 is 0. The minimum absolute atomic E-state index is 0.0391. The van der Waals surface area contributed by atoms with Crippen LogP contribution in [0, 0.1) is 6.92 Å². The summed E-state index contributed by atoms with van der Waals surface area (Å²) in [5, 5.41) is 2.86. The number of anilines is 2. The van der Waals surface area contributed by atoms with Gasteiger partial charge in [-0.15, -0.1) is 0 Å². The Morgan fingerprint density at radius 1 is 1.23 bits per heavy atom. The fourth-order valence-corrected chi connectivity index (χ4v) is 2.53. The van der Waals surface area contributed by atoms with Crippen LogP contribution in [0.2, 0.25) is 0 Å². The van der Waals surface area contributed by atoms with Crippen LogP contribution < -0.4 is 11.1 Å². The van der Waals surface area contributed by atoms with Crippen molar-refractivity contribution in [3.8, 4) is 0 Å². The summed E-state index contributed by atoms with van der Waals surface area (Å²) in [4.78, 5) is 16.6. The first-order chi connectivity index (χ1) is 10.6. The van der Waals surface area contributed by atoms with Gasteiger partial charge in [-0.1, -0.05) is 18.2 Å². The van der Waals surface area contributed by atoms with Crippen LogP contribution in [0.4, 0.5) is 11.4 Å². The monoisotopic (exact) mass is 294 g/mol. The number of hydrogen-bond acceptors (Lipinski definition) is 3. The number of benzene rings is 2. The number of nitrogens with one attached hydrogen (secondary N) is 1. The van der Waals surface area contributed by atoms with Crippen LogP contribution >= 0.6 is 0 Å². The van der Waals surface area contributed by atoms with E-state index in [0.717, 1.165) is 22.5 Å². The fraction of sp³-hybridized carbons (Fsp3) is 0.176. The summed E-state index contributed by atoms with van der Waals surface area (Å²) in [7, 11) is 0. The van der Waals surface area contributed by atoms with E-state index in [1.165, 1.54) is 0 Å². The summed E-state index contributed by atoms with van der Waals surface area (Å²) < 4.78 is 2.06. The van der Waals surface area contributed by atoms with Crippen molar-refractivity contribution in [2.24, 2.45) is 0 Å². The molecule has 0 atom stereocenters. The predicted octanol–water partition coefficient (Wildman–Crippen LogP) is 2.96. The van der Waals surface area contributed by atoms with Crippen LogP contribution in [0.5, 0.6) is 0 Å². The topological polar surface area (TPSA) is 72.9 Å². The Morgan fingerprint density at radius 2 is 2.05 bits per heavy atom. The van der Waals surface area contributed by atoms with Crippen molar-refractivity contribution in [1.82, 2.24) is 9.55 Å². The van der Waals surface area contributed by atoms with Crippen molar-refractivity contribution < 1.29 is 4.79 Å². The first-order valence-electron chi connectivity index (χ1n) is 7.21. The van der Waals surface area contributed by atoms with Gasteiger partial charge in [0.1, 0.15) is 5.82 Å². The Hall–Kier alpha value is -2.82. The molecule has 0 radical (unpaired) electrons. The number of carbonyl (C=O) groups is 1. The average molecular weight is 294 g/mol. The van der Waals surface area contributed by atoms with E-state index in [2.05, 4.69) is 14.9 Å². The van der Waals surface area contributed by atoms with Gasteiger partial charge in [-0.05, 0) is 37.3 Å². The highest BCUT2D eigenvalue weighted by Crippen LogP contribution is 2.16. The number of fused-ring (bicyclic) bond motifs is 1. The lowest BCUT2D eigenvalue weighted by Crippen LogP contribution is -2.15. The Labute approximate surface area is 128 Å². The second-order valence-corrected chi connectivity index (χ2v) is 5.22. The highest BCUT2D eigenvalue weighted by molar-refractivity contribution is 5.91. The maximum absolute atomic E-state index is 12.1. The summed E-state index contributed by atoms with van der Waals surface area (Å²) in [6.45, 7) is 2.55. The summed E-state index contributed by atoms with van der Waals surface area (Å²) in [6.07, 6.45) is 0.385. The van der Waals surface area contributed by atoms with Crippen LogP contribution in [0.15, 0.2) is 48.5 Å². The van der Waals surface area contributed by atoms with Crippen molar-refractivity contribution in [2.75, 3.05) is 11.1 Å². The number of carbonyl (C=O) groups excluding carboxylic acids is 1. The van der Waals surface area contributed by atoms with Crippen molar-refractivity contribution >= 4 is 28.3 Å². The van der Waals surface area contributed by atoms with E-state index in [1.54, 1.807) is 12.1 Å². The molecule has 1 amide bonds. The van der Waals surface area contributed by atoms with Gasteiger partial charge in [0.05, 0.1) is 11.0 Å². The first-order valence-corrected chi connectivity index (χ1v) is 7.21. The number of para-hydroxylation sites is 2. The zero-order valence-corrected chi connectivity index (χ0v) is 12.4. The number of imidazole rings is 1. The van der Waals surface area contributed by atoms with Crippen molar-refractivity contribution in [1.29, 1.82) is 0 Å². The smallest absolute Gasteiger partial charge is 0.226 e. The maximum Gasteiger partial charge on any atom is 0.226 e. The molecule has 0 aliphatic rings. The Morgan fingerprint density at radius 3 is 2.86 bits per heavy atom. The highest BCUT2D eigenvalue weighted by Gasteiger charge is 2.09. The van der Waals surface area contributed by atoms with E-state index in [9.17, 15) is 4.79 Å². The van der Waals surface area contributed by atoms with Gasteiger partial charge < -0.3 is 15.6 Å². The van der Waals surface area contributed by atoms with Gasteiger partial charge >= 0.3 is 0 Å². The number of aromatic nitrogens is 2. The molecule has 0 saturated carbocycles. The molecule has 1 aromatic heterocycles. The summed E-state index contributed by atoms with van der Waals surface area (Å²) in [6, 6.07) is 15.1. The third-order valence-electron chi connectivity index (χ3n) is 3.58. The molecule has 1 heterocycles. The number of nitrogen functional groups attached to an aromatic ring is 1. The zero-order valence-electron chi connectivity index (χ0n) is 12.4. The first kappa shape index (κ1) is 14.1. The van der Waals surface area contributed by atoms with Crippen molar-refractivity contribution in [2.45, 2.75) is 19.9 Å². The second kappa shape index (κ2) is 5.89. The molecule has 3 N–H and O–H groups in total. The van der Waals surface area contributed by atoms with E-state index >= 15 is 0 Å². The minimum atomic E-state index is -0.0391. The molecule has 22 heavy (non-hydrogen) atoms. The molecule has 0 saturated heterocycles. The zero-order chi connectivity index (χ0) is 15.5. The van der Waals surface area contributed by atoms with E-state index in [0.29, 0.717) is 18.7 Å². The highest BCUT2D eigenvalue weighted by atomic mass is 16.1. The molecule has 112 valence electrons. The van der Waals surface area contributed by atoms with Crippen LogP contribution in [-0.2, 0) is 11.3 Å². The van der Waals surface area contributed by atoms with Crippen LogP contribution in [0.3, 0.4) is 0 Å². The number of amides is 1. The largest absolute Gasteiger partial charge is 0.399 e. The SMILES string of the molecule is Cc1nc2ccccc2n1CCC(=O)Nc1cccc(N)c1. The molecule has 0 unspecified atom stereocenters. The molecule has 0 spiro atoms. The number of nitrogens with two attached hydrogens (primary N) is 1. The maximum atomic E-state index is 12.1. The fourth-order valence-electron chi connectivity index (χ4n) is 2.53. The molecule has 0 aliphatic carbocycles. The predicted molar refractivity (Wildman–Crippen MR) is 88.6 cm³/mol. The van der Waals surface area contributed by atoms with Crippen LogP contribution in [0.1, 0.15) is 12.2 Å². The van der Waals surface area contributed by atoms with Gasteiger partial charge in [0, 0.05) is 24.3 Å². The number of rotatable bonds is 4. The van der Waals surface area contributed by atoms with Crippen molar-refractivity contribution in [3.63, 3.8) is 0 Å². The molecular weight excluding hydrogens is 276 g/mol. The minimum Gasteiger partial charge on any atom is -0.399 e. The molecule has 5 nitrogen and oxygen atoms in total. The van der Waals surface area contributed by atoms with Gasteiger partial charge in [-0.3, -0.25) is 4.79 Å².